The third kappa shape index (κ3) is 2.24. The van der Waals surface area contributed by atoms with Crippen molar-refractivity contribution in [1.29, 1.82) is 0 Å². The molecule has 104 valence electrons. The molecule has 19 heavy (non-hydrogen) atoms. The number of phenols is 1. The molecule has 5 heteroatoms. The Kier molecular flexibility index (Phi) is 3.85. The zero-order valence-electron chi connectivity index (χ0n) is 10.7. The van der Waals surface area contributed by atoms with Gasteiger partial charge in [0.2, 0.25) is 0 Å². The Morgan fingerprint density at radius 1 is 1.37 bits per heavy atom. The van der Waals surface area contributed by atoms with Gasteiger partial charge in [-0.1, -0.05) is 25.3 Å². The lowest BCUT2D eigenvalue weighted by atomic mass is 9.69. The van der Waals surface area contributed by atoms with Crippen molar-refractivity contribution in [3.05, 3.63) is 27.5 Å². The Morgan fingerprint density at radius 2 is 1.95 bits per heavy atom. The second-order valence-corrected chi connectivity index (χ2v) is 5.96. The summed E-state index contributed by atoms with van der Waals surface area (Å²) in [6, 6.07) is 1.54. The van der Waals surface area contributed by atoms with Gasteiger partial charge in [-0.3, -0.25) is 4.79 Å². The van der Waals surface area contributed by atoms with Crippen LogP contribution in [0.5, 0.6) is 5.75 Å². The van der Waals surface area contributed by atoms with Gasteiger partial charge in [-0.05, 0) is 41.3 Å². The van der Waals surface area contributed by atoms with E-state index in [9.17, 15) is 19.4 Å². The topological polar surface area (TPSA) is 57.5 Å². The predicted molar refractivity (Wildman–Crippen MR) is 72.9 cm³/mol. The number of hydrogen-bond donors (Lipinski definition) is 2. The Morgan fingerprint density at radius 3 is 2.47 bits per heavy atom. The molecule has 0 saturated heterocycles. The van der Waals surface area contributed by atoms with Gasteiger partial charge in [0.25, 0.3) is 0 Å². The van der Waals surface area contributed by atoms with Crippen molar-refractivity contribution in [3.63, 3.8) is 0 Å². The number of aromatic hydroxyl groups is 1. The van der Waals surface area contributed by atoms with Crippen LogP contribution in [0.2, 0.25) is 0 Å². The average Bonchev–Trinajstić information content (AvgIpc) is 2.41. The second kappa shape index (κ2) is 5.12. The van der Waals surface area contributed by atoms with E-state index in [1.807, 2.05) is 0 Å². The Balaban J connectivity index is 2.64. The summed E-state index contributed by atoms with van der Waals surface area (Å²) >= 11 is 3.11. The zero-order valence-corrected chi connectivity index (χ0v) is 12.3. The highest BCUT2D eigenvalue weighted by atomic mass is 79.9. The SMILES string of the molecule is Cc1cc(C2(C(=O)O)CCCCC2)c(F)c(O)c1Br. The van der Waals surface area contributed by atoms with Crippen LogP contribution in [0.15, 0.2) is 10.5 Å². The number of carbonyl (C=O) groups is 1. The number of halogens is 2. The molecule has 0 aliphatic heterocycles. The molecule has 0 spiro atoms. The van der Waals surface area contributed by atoms with Crippen LogP contribution >= 0.6 is 15.9 Å². The van der Waals surface area contributed by atoms with Crippen molar-refractivity contribution in [1.82, 2.24) is 0 Å². The summed E-state index contributed by atoms with van der Waals surface area (Å²) < 4.78 is 14.6. The maximum atomic E-state index is 14.3. The van der Waals surface area contributed by atoms with Crippen molar-refractivity contribution >= 4 is 21.9 Å². The summed E-state index contributed by atoms with van der Waals surface area (Å²) in [6.07, 6.45) is 3.33. The molecule has 1 saturated carbocycles. The largest absolute Gasteiger partial charge is 0.504 e. The lowest BCUT2D eigenvalue weighted by Crippen LogP contribution is -2.38. The molecule has 1 fully saturated rings. The summed E-state index contributed by atoms with van der Waals surface area (Å²) in [4.78, 5) is 11.7. The Labute approximate surface area is 119 Å². The molecule has 1 aromatic rings. The maximum Gasteiger partial charge on any atom is 0.314 e. The molecule has 0 heterocycles. The van der Waals surface area contributed by atoms with Gasteiger partial charge in [-0.25, -0.2) is 4.39 Å². The molecule has 3 nitrogen and oxygen atoms in total. The van der Waals surface area contributed by atoms with E-state index in [0.717, 1.165) is 19.3 Å². The van der Waals surface area contributed by atoms with Crippen LogP contribution in [0, 0.1) is 12.7 Å². The first-order valence-electron chi connectivity index (χ1n) is 6.31. The average molecular weight is 331 g/mol. The minimum absolute atomic E-state index is 0.109. The minimum Gasteiger partial charge on any atom is -0.504 e. The fraction of sp³-hybridized carbons (Fsp3) is 0.500. The molecule has 0 atom stereocenters. The number of aliphatic carboxylic acids is 1. The van der Waals surface area contributed by atoms with E-state index in [2.05, 4.69) is 15.9 Å². The van der Waals surface area contributed by atoms with Gasteiger partial charge in [0.1, 0.15) is 0 Å². The lowest BCUT2D eigenvalue weighted by molar-refractivity contribution is -0.145. The number of benzene rings is 1. The minimum atomic E-state index is -1.20. The summed E-state index contributed by atoms with van der Waals surface area (Å²) in [5.41, 5.74) is -0.455. The van der Waals surface area contributed by atoms with Crippen LogP contribution in [0.4, 0.5) is 4.39 Å². The number of rotatable bonds is 2. The van der Waals surface area contributed by atoms with E-state index in [0.29, 0.717) is 18.4 Å². The van der Waals surface area contributed by atoms with Gasteiger partial charge in [0.05, 0.1) is 9.89 Å². The Hall–Kier alpha value is -1.10. The van der Waals surface area contributed by atoms with Crippen molar-refractivity contribution in [2.45, 2.75) is 44.4 Å². The lowest BCUT2D eigenvalue weighted by Gasteiger charge is -2.34. The van der Waals surface area contributed by atoms with Crippen LogP contribution in [0.1, 0.15) is 43.2 Å². The molecule has 0 bridgehead atoms. The van der Waals surface area contributed by atoms with Crippen molar-refractivity contribution in [2.24, 2.45) is 0 Å². The summed E-state index contributed by atoms with van der Waals surface area (Å²) in [7, 11) is 0. The molecule has 0 unspecified atom stereocenters. The van der Waals surface area contributed by atoms with Crippen molar-refractivity contribution < 1.29 is 19.4 Å². The van der Waals surface area contributed by atoms with Gasteiger partial charge in [-0.15, -0.1) is 0 Å². The number of phenolic OH excluding ortho intramolecular Hbond substituents is 1. The first-order valence-corrected chi connectivity index (χ1v) is 7.11. The maximum absolute atomic E-state index is 14.3. The van der Waals surface area contributed by atoms with E-state index >= 15 is 0 Å². The molecular weight excluding hydrogens is 315 g/mol. The standard InChI is InChI=1S/C14H16BrFO3/c1-8-7-9(11(16)12(17)10(8)15)14(13(18)19)5-3-2-4-6-14/h7,17H,2-6H2,1H3,(H,18,19). The number of aryl methyl sites for hydroxylation is 1. The molecule has 0 radical (unpaired) electrons. The van der Waals surface area contributed by atoms with Gasteiger partial charge in [0, 0.05) is 5.56 Å². The fourth-order valence-electron chi connectivity index (χ4n) is 2.86. The molecule has 1 aromatic carbocycles. The zero-order chi connectivity index (χ0) is 14.2. The highest BCUT2D eigenvalue weighted by Crippen LogP contribution is 2.44. The summed E-state index contributed by atoms with van der Waals surface area (Å²) in [5, 5.41) is 19.3. The third-order valence-electron chi connectivity index (χ3n) is 3.99. The number of carboxylic acids is 1. The van der Waals surface area contributed by atoms with Crippen LogP contribution in [0.25, 0.3) is 0 Å². The van der Waals surface area contributed by atoms with Crippen LogP contribution < -0.4 is 0 Å². The highest BCUT2D eigenvalue weighted by molar-refractivity contribution is 9.10. The summed E-state index contributed by atoms with van der Waals surface area (Å²) in [5.74, 6) is -2.32. The quantitative estimate of drug-likeness (QED) is 0.864. The number of hydrogen-bond acceptors (Lipinski definition) is 2. The highest BCUT2D eigenvalue weighted by Gasteiger charge is 2.44. The van der Waals surface area contributed by atoms with E-state index < -0.39 is 23.0 Å². The first-order chi connectivity index (χ1) is 8.90. The molecular formula is C14H16BrFO3. The normalized spacial score (nSPS) is 18.3. The third-order valence-corrected chi connectivity index (χ3v) is 4.99. The molecule has 0 amide bonds. The second-order valence-electron chi connectivity index (χ2n) is 5.17. The van der Waals surface area contributed by atoms with Crippen molar-refractivity contribution in [3.8, 4) is 5.75 Å². The van der Waals surface area contributed by atoms with Gasteiger partial charge in [-0.2, -0.15) is 0 Å². The van der Waals surface area contributed by atoms with Crippen molar-refractivity contribution in [2.75, 3.05) is 0 Å². The van der Waals surface area contributed by atoms with Crippen LogP contribution in [-0.2, 0) is 10.2 Å². The predicted octanol–water partition coefficient (Wildman–Crippen LogP) is 3.89. The van der Waals surface area contributed by atoms with E-state index in [1.54, 1.807) is 13.0 Å². The van der Waals surface area contributed by atoms with E-state index in [-0.39, 0.29) is 10.0 Å². The van der Waals surface area contributed by atoms with Crippen LogP contribution in [-0.4, -0.2) is 16.2 Å². The monoisotopic (exact) mass is 330 g/mol. The van der Waals surface area contributed by atoms with Gasteiger partial charge in [0.15, 0.2) is 11.6 Å². The van der Waals surface area contributed by atoms with Crippen LogP contribution in [0.3, 0.4) is 0 Å². The molecule has 2 N–H and O–H groups in total. The first kappa shape index (κ1) is 14.3. The summed E-state index contributed by atoms with van der Waals surface area (Å²) in [6.45, 7) is 1.71. The number of carboxylic acid groups (broad SMARTS) is 1. The fourth-order valence-corrected chi connectivity index (χ4v) is 3.14. The van der Waals surface area contributed by atoms with E-state index in [4.69, 9.17) is 0 Å². The Bertz CT molecular complexity index is 522. The van der Waals surface area contributed by atoms with Gasteiger partial charge >= 0.3 is 5.97 Å². The molecule has 0 aromatic heterocycles. The smallest absolute Gasteiger partial charge is 0.314 e. The molecule has 2 rings (SSSR count). The molecule has 1 aliphatic rings. The molecule has 1 aliphatic carbocycles. The van der Waals surface area contributed by atoms with Gasteiger partial charge < -0.3 is 10.2 Å². The van der Waals surface area contributed by atoms with E-state index in [1.165, 1.54) is 0 Å².